The Bertz CT molecular complexity index is 1270. The van der Waals surface area contributed by atoms with Gasteiger partial charge in [0.25, 0.3) is 5.56 Å². The van der Waals surface area contributed by atoms with Gasteiger partial charge >= 0.3 is 0 Å². The average Bonchev–Trinajstić information content (AvgIpc) is 3.17. The highest BCUT2D eigenvalue weighted by molar-refractivity contribution is 9.10. The van der Waals surface area contributed by atoms with Crippen LogP contribution in [0.1, 0.15) is 31.4 Å². The summed E-state index contributed by atoms with van der Waals surface area (Å²) in [6.45, 7) is 3.91. The molecule has 0 saturated carbocycles. The van der Waals surface area contributed by atoms with Gasteiger partial charge in [-0.3, -0.25) is 4.79 Å². The van der Waals surface area contributed by atoms with Gasteiger partial charge in [0.05, 0.1) is 17.1 Å². The number of nitrogens with zero attached hydrogens (tertiary/aromatic N) is 3. The monoisotopic (exact) mass is 453 g/mol. The van der Waals surface area contributed by atoms with Crippen LogP contribution >= 0.6 is 15.9 Å². The maximum absolute atomic E-state index is 13.1. The van der Waals surface area contributed by atoms with Crippen molar-refractivity contribution in [3.05, 3.63) is 86.8 Å². The predicted octanol–water partition coefficient (Wildman–Crippen LogP) is 5.56. The first-order valence-corrected chi connectivity index (χ1v) is 9.84. The second-order valence-corrected chi connectivity index (χ2v) is 7.77. The number of aromatic nitrogens is 2. The molecule has 2 heterocycles. The van der Waals surface area contributed by atoms with Crippen LogP contribution in [0.5, 0.6) is 0 Å². The molecule has 0 N–H and O–H groups in total. The van der Waals surface area contributed by atoms with Gasteiger partial charge in [0, 0.05) is 16.0 Å². The predicted molar refractivity (Wildman–Crippen MR) is 115 cm³/mol. The lowest BCUT2D eigenvalue weighted by atomic mass is 10.2. The van der Waals surface area contributed by atoms with Gasteiger partial charge in [-0.25, -0.2) is 9.37 Å². The van der Waals surface area contributed by atoms with Gasteiger partial charge in [0.1, 0.15) is 23.2 Å². The molecule has 0 spiro atoms. The molecule has 146 valence electrons. The number of hydrogen-bond acceptors (Lipinski definition) is 4. The van der Waals surface area contributed by atoms with E-state index in [4.69, 9.17) is 4.42 Å². The molecule has 2 aromatic heterocycles. The standard InChI is InChI=1S/C22H17BrFN3O2/c1-13(2)21-26-19-9-5-15(23)11-18(19)22(28)27(21)25-12-17-8-10-20(29-17)14-3-6-16(24)7-4-14/h3-13H,1-2H3. The summed E-state index contributed by atoms with van der Waals surface area (Å²) < 4.78 is 21.0. The van der Waals surface area contributed by atoms with Crippen LogP contribution in [-0.2, 0) is 0 Å². The van der Waals surface area contributed by atoms with E-state index in [2.05, 4.69) is 26.0 Å². The zero-order valence-electron chi connectivity index (χ0n) is 15.8. The Morgan fingerprint density at radius 3 is 2.62 bits per heavy atom. The largest absolute Gasteiger partial charge is 0.455 e. The number of fused-ring (bicyclic) bond motifs is 1. The fraction of sp³-hybridized carbons (Fsp3) is 0.136. The number of hydrogen-bond donors (Lipinski definition) is 0. The molecule has 4 rings (SSSR count). The molecule has 29 heavy (non-hydrogen) atoms. The molecule has 0 unspecified atom stereocenters. The lowest BCUT2D eigenvalue weighted by Gasteiger charge is -2.11. The van der Waals surface area contributed by atoms with Crippen molar-refractivity contribution in [3.8, 4) is 11.3 Å². The second-order valence-electron chi connectivity index (χ2n) is 6.86. The molecular weight excluding hydrogens is 437 g/mol. The number of benzene rings is 2. The summed E-state index contributed by atoms with van der Waals surface area (Å²) in [4.78, 5) is 17.6. The maximum atomic E-state index is 13.1. The highest BCUT2D eigenvalue weighted by atomic mass is 79.9. The molecule has 0 bridgehead atoms. The maximum Gasteiger partial charge on any atom is 0.282 e. The van der Waals surface area contributed by atoms with Crippen molar-refractivity contribution >= 4 is 33.0 Å². The van der Waals surface area contributed by atoms with E-state index in [1.165, 1.54) is 23.0 Å². The molecule has 0 aliphatic carbocycles. The van der Waals surface area contributed by atoms with Gasteiger partial charge in [-0.1, -0.05) is 29.8 Å². The topological polar surface area (TPSA) is 60.4 Å². The Morgan fingerprint density at radius 1 is 1.14 bits per heavy atom. The zero-order valence-corrected chi connectivity index (χ0v) is 17.4. The summed E-state index contributed by atoms with van der Waals surface area (Å²) in [6.07, 6.45) is 1.48. The normalized spacial score (nSPS) is 11.8. The van der Waals surface area contributed by atoms with Gasteiger partial charge in [0.15, 0.2) is 0 Å². The molecule has 0 aliphatic heterocycles. The van der Waals surface area contributed by atoms with Crippen LogP contribution in [0.15, 0.2) is 73.4 Å². The minimum atomic E-state index is -0.307. The summed E-state index contributed by atoms with van der Waals surface area (Å²) in [5.41, 5.74) is 1.13. The van der Waals surface area contributed by atoms with E-state index in [1.807, 2.05) is 26.0 Å². The molecule has 0 radical (unpaired) electrons. The number of rotatable bonds is 4. The summed E-state index contributed by atoms with van der Waals surface area (Å²) in [5, 5.41) is 4.82. The van der Waals surface area contributed by atoms with E-state index < -0.39 is 0 Å². The molecule has 4 aromatic rings. The molecule has 5 nitrogen and oxygen atoms in total. The third-order valence-corrected chi connectivity index (χ3v) is 4.90. The van der Waals surface area contributed by atoms with Crippen molar-refractivity contribution in [2.45, 2.75) is 19.8 Å². The molecule has 0 atom stereocenters. The summed E-state index contributed by atoms with van der Waals surface area (Å²) in [5.74, 6) is 1.31. The third-order valence-electron chi connectivity index (χ3n) is 4.41. The van der Waals surface area contributed by atoms with Gasteiger partial charge in [-0.2, -0.15) is 9.78 Å². The molecule has 0 amide bonds. The van der Waals surface area contributed by atoms with Crippen LogP contribution < -0.4 is 5.56 Å². The lowest BCUT2D eigenvalue weighted by molar-refractivity contribution is 0.572. The first-order valence-electron chi connectivity index (χ1n) is 9.05. The smallest absolute Gasteiger partial charge is 0.282 e. The van der Waals surface area contributed by atoms with Crippen LogP contribution in [0.25, 0.3) is 22.2 Å². The van der Waals surface area contributed by atoms with Gasteiger partial charge in [-0.05, 0) is 54.6 Å². The highest BCUT2D eigenvalue weighted by Gasteiger charge is 2.14. The second kappa shape index (κ2) is 7.75. The van der Waals surface area contributed by atoms with Crippen molar-refractivity contribution in [1.29, 1.82) is 0 Å². The van der Waals surface area contributed by atoms with Crippen molar-refractivity contribution < 1.29 is 8.81 Å². The van der Waals surface area contributed by atoms with Crippen LogP contribution in [0.3, 0.4) is 0 Å². The van der Waals surface area contributed by atoms with E-state index in [9.17, 15) is 9.18 Å². The lowest BCUT2D eigenvalue weighted by Crippen LogP contribution is -2.23. The fourth-order valence-electron chi connectivity index (χ4n) is 2.96. The fourth-order valence-corrected chi connectivity index (χ4v) is 3.32. The van der Waals surface area contributed by atoms with Crippen molar-refractivity contribution in [2.24, 2.45) is 5.10 Å². The molecule has 0 aliphatic rings. The van der Waals surface area contributed by atoms with E-state index in [0.29, 0.717) is 28.2 Å². The van der Waals surface area contributed by atoms with E-state index in [-0.39, 0.29) is 17.3 Å². The summed E-state index contributed by atoms with van der Waals surface area (Å²) in [6, 6.07) is 14.9. The molecule has 0 fully saturated rings. The van der Waals surface area contributed by atoms with Crippen molar-refractivity contribution in [1.82, 2.24) is 9.66 Å². The Labute approximate surface area is 174 Å². The highest BCUT2D eigenvalue weighted by Crippen LogP contribution is 2.22. The SMILES string of the molecule is CC(C)c1nc2ccc(Br)cc2c(=O)n1N=Cc1ccc(-c2ccc(F)cc2)o1. The van der Waals surface area contributed by atoms with E-state index >= 15 is 0 Å². The van der Waals surface area contributed by atoms with Crippen LogP contribution in [0, 0.1) is 5.82 Å². The third kappa shape index (κ3) is 3.91. The van der Waals surface area contributed by atoms with Gasteiger partial charge < -0.3 is 4.42 Å². The van der Waals surface area contributed by atoms with Crippen molar-refractivity contribution in [2.75, 3.05) is 0 Å². The minimum absolute atomic E-state index is 0.000672. The molecule has 7 heteroatoms. The van der Waals surface area contributed by atoms with Crippen molar-refractivity contribution in [3.63, 3.8) is 0 Å². The first kappa shape index (κ1) is 19.3. The quantitative estimate of drug-likeness (QED) is 0.379. The number of furan rings is 1. The zero-order chi connectivity index (χ0) is 20.5. The Hall–Kier alpha value is -3.06. The van der Waals surface area contributed by atoms with E-state index in [1.54, 1.807) is 30.3 Å². The Morgan fingerprint density at radius 2 is 1.90 bits per heavy atom. The molecule has 0 saturated heterocycles. The Kier molecular flexibility index (Phi) is 5.15. The minimum Gasteiger partial charge on any atom is -0.455 e. The van der Waals surface area contributed by atoms with Crippen LogP contribution in [0.2, 0.25) is 0 Å². The molecule has 2 aromatic carbocycles. The van der Waals surface area contributed by atoms with Crippen LogP contribution in [0.4, 0.5) is 4.39 Å². The summed E-state index contributed by atoms with van der Waals surface area (Å²) >= 11 is 3.39. The summed E-state index contributed by atoms with van der Waals surface area (Å²) in [7, 11) is 0. The van der Waals surface area contributed by atoms with E-state index in [0.717, 1.165) is 10.0 Å². The number of halogens is 2. The Balaban J connectivity index is 1.74. The molecular formula is C22H17BrFN3O2. The van der Waals surface area contributed by atoms with Crippen LogP contribution in [-0.4, -0.2) is 15.9 Å². The first-order chi connectivity index (χ1) is 13.9. The van der Waals surface area contributed by atoms with Gasteiger partial charge in [-0.15, -0.1) is 0 Å². The average molecular weight is 454 g/mol. The van der Waals surface area contributed by atoms with Gasteiger partial charge in [0.2, 0.25) is 0 Å².